The Bertz CT molecular complexity index is 1030. The molecular formula is C21H20ClN3O2. The van der Waals surface area contributed by atoms with Crippen LogP contribution in [-0.4, -0.2) is 35.3 Å². The molecule has 6 heteroatoms. The number of amides is 2. The highest BCUT2D eigenvalue weighted by molar-refractivity contribution is 6.32. The molecular weight excluding hydrogens is 362 g/mol. The number of nitrogens with zero attached hydrogens (tertiary/aromatic N) is 2. The monoisotopic (exact) mass is 381 g/mol. The average Bonchev–Trinajstić information content (AvgIpc) is 2.64. The minimum absolute atomic E-state index is 0.0763. The fraction of sp³-hybridized carbons (Fsp3) is 0.190. The summed E-state index contributed by atoms with van der Waals surface area (Å²) >= 11 is 6.14. The van der Waals surface area contributed by atoms with Gasteiger partial charge in [0.2, 0.25) is 5.91 Å². The highest BCUT2D eigenvalue weighted by Crippen LogP contribution is 2.23. The van der Waals surface area contributed by atoms with E-state index in [-0.39, 0.29) is 18.4 Å². The number of hydrogen-bond donors (Lipinski definition) is 1. The van der Waals surface area contributed by atoms with E-state index < -0.39 is 0 Å². The van der Waals surface area contributed by atoms with Crippen molar-refractivity contribution >= 4 is 40.0 Å². The molecule has 0 fully saturated rings. The number of pyridine rings is 1. The molecule has 1 N–H and O–H groups in total. The Labute approximate surface area is 163 Å². The predicted molar refractivity (Wildman–Crippen MR) is 108 cm³/mol. The number of halogens is 1. The van der Waals surface area contributed by atoms with Crippen molar-refractivity contribution in [2.45, 2.75) is 13.8 Å². The molecule has 138 valence electrons. The minimum atomic E-state index is -0.308. The Balaban J connectivity index is 1.78. The molecule has 0 radical (unpaired) electrons. The van der Waals surface area contributed by atoms with E-state index in [0.29, 0.717) is 16.1 Å². The molecule has 0 saturated heterocycles. The zero-order valence-electron chi connectivity index (χ0n) is 15.4. The minimum Gasteiger partial charge on any atom is -0.332 e. The number of nitrogens with one attached hydrogen (secondary N) is 1. The second-order valence-electron chi connectivity index (χ2n) is 6.49. The highest BCUT2D eigenvalue weighted by atomic mass is 35.5. The zero-order valence-corrected chi connectivity index (χ0v) is 16.2. The van der Waals surface area contributed by atoms with Crippen LogP contribution in [-0.2, 0) is 4.79 Å². The van der Waals surface area contributed by atoms with Crippen molar-refractivity contribution in [3.05, 3.63) is 70.4 Å². The van der Waals surface area contributed by atoms with E-state index in [2.05, 4.69) is 10.3 Å². The lowest BCUT2D eigenvalue weighted by Crippen LogP contribution is -2.35. The van der Waals surface area contributed by atoms with Crippen LogP contribution in [0.15, 0.2) is 48.7 Å². The molecule has 1 heterocycles. The molecule has 0 unspecified atom stereocenters. The zero-order chi connectivity index (χ0) is 19.6. The van der Waals surface area contributed by atoms with Gasteiger partial charge in [0, 0.05) is 29.3 Å². The topological polar surface area (TPSA) is 62.3 Å². The van der Waals surface area contributed by atoms with Gasteiger partial charge in [-0.1, -0.05) is 29.8 Å². The summed E-state index contributed by atoms with van der Waals surface area (Å²) in [4.78, 5) is 30.9. The third-order valence-corrected chi connectivity index (χ3v) is 4.72. The van der Waals surface area contributed by atoms with E-state index in [4.69, 9.17) is 11.6 Å². The number of anilines is 1. The Hall–Kier alpha value is -2.92. The molecule has 3 aromatic rings. The van der Waals surface area contributed by atoms with Crippen molar-refractivity contribution in [1.82, 2.24) is 9.88 Å². The van der Waals surface area contributed by atoms with E-state index in [1.54, 1.807) is 31.4 Å². The van der Waals surface area contributed by atoms with Crippen LogP contribution in [0.1, 0.15) is 21.5 Å². The van der Waals surface area contributed by atoms with Gasteiger partial charge in [0.1, 0.15) is 0 Å². The first-order valence-electron chi connectivity index (χ1n) is 8.52. The lowest BCUT2D eigenvalue weighted by molar-refractivity contribution is -0.116. The number of rotatable bonds is 4. The molecule has 0 spiro atoms. The summed E-state index contributed by atoms with van der Waals surface area (Å²) in [6.45, 7) is 3.86. The van der Waals surface area contributed by atoms with Gasteiger partial charge in [-0.15, -0.1) is 0 Å². The van der Waals surface area contributed by atoms with E-state index in [0.717, 1.165) is 22.2 Å². The van der Waals surface area contributed by atoms with Crippen LogP contribution >= 0.6 is 11.6 Å². The predicted octanol–water partition coefficient (Wildman–Crippen LogP) is 4.22. The van der Waals surface area contributed by atoms with Crippen LogP contribution in [0, 0.1) is 13.8 Å². The molecule has 0 atom stereocenters. The Morgan fingerprint density at radius 3 is 2.70 bits per heavy atom. The van der Waals surface area contributed by atoms with E-state index >= 15 is 0 Å². The van der Waals surface area contributed by atoms with Crippen LogP contribution in [0.2, 0.25) is 5.02 Å². The van der Waals surface area contributed by atoms with Gasteiger partial charge in [-0.2, -0.15) is 0 Å². The maximum atomic E-state index is 12.9. The number of likely N-dealkylation sites (N-methyl/N-ethyl adjacent to an activating group) is 1. The third kappa shape index (κ3) is 4.09. The summed E-state index contributed by atoms with van der Waals surface area (Å²) in [6, 6.07) is 12.7. The summed E-state index contributed by atoms with van der Waals surface area (Å²) in [6.07, 6.45) is 1.63. The quantitative estimate of drug-likeness (QED) is 0.736. The summed E-state index contributed by atoms with van der Waals surface area (Å²) < 4.78 is 0. The summed E-state index contributed by atoms with van der Waals surface area (Å²) in [7, 11) is 1.58. The van der Waals surface area contributed by atoms with Gasteiger partial charge in [0.25, 0.3) is 5.91 Å². The molecule has 0 aliphatic heterocycles. The average molecular weight is 382 g/mol. The SMILES string of the molecule is Cc1cccc(NC(=O)CN(C)C(=O)c2cc(Cl)cc3cccnc23)c1C. The van der Waals surface area contributed by atoms with Gasteiger partial charge in [-0.25, -0.2) is 0 Å². The number of aromatic nitrogens is 1. The Kier molecular flexibility index (Phi) is 5.42. The highest BCUT2D eigenvalue weighted by Gasteiger charge is 2.19. The van der Waals surface area contributed by atoms with Gasteiger partial charge in [0.05, 0.1) is 17.6 Å². The molecule has 0 aliphatic rings. The van der Waals surface area contributed by atoms with Crippen LogP contribution in [0.3, 0.4) is 0 Å². The van der Waals surface area contributed by atoms with Crippen molar-refractivity contribution in [2.24, 2.45) is 0 Å². The molecule has 2 aromatic carbocycles. The summed E-state index contributed by atoms with van der Waals surface area (Å²) in [5.74, 6) is -0.573. The second kappa shape index (κ2) is 7.76. The van der Waals surface area contributed by atoms with Crippen LogP contribution in [0.5, 0.6) is 0 Å². The van der Waals surface area contributed by atoms with Crippen LogP contribution in [0.25, 0.3) is 10.9 Å². The normalized spacial score (nSPS) is 10.7. The second-order valence-corrected chi connectivity index (χ2v) is 6.92. The molecule has 5 nitrogen and oxygen atoms in total. The number of carbonyl (C=O) groups excluding carboxylic acids is 2. The van der Waals surface area contributed by atoms with Crippen LogP contribution < -0.4 is 5.32 Å². The van der Waals surface area contributed by atoms with Gasteiger partial charge in [-0.05, 0) is 49.2 Å². The molecule has 1 aromatic heterocycles. The van der Waals surface area contributed by atoms with E-state index in [1.807, 2.05) is 38.1 Å². The Morgan fingerprint density at radius 2 is 1.93 bits per heavy atom. The molecule has 2 amide bonds. The molecule has 27 heavy (non-hydrogen) atoms. The van der Waals surface area contributed by atoms with Gasteiger partial charge in [0.15, 0.2) is 0 Å². The lowest BCUT2D eigenvalue weighted by atomic mass is 10.1. The first-order valence-corrected chi connectivity index (χ1v) is 8.90. The first-order chi connectivity index (χ1) is 12.9. The maximum Gasteiger partial charge on any atom is 0.256 e. The van der Waals surface area contributed by atoms with Gasteiger partial charge < -0.3 is 10.2 Å². The molecule has 0 saturated carbocycles. The van der Waals surface area contributed by atoms with Crippen molar-refractivity contribution in [2.75, 3.05) is 18.9 Å². The van der Waals surface area contributed by atoms with Crippen molar-refractivity contribution in [3.63, 3.8) is 0 Å². The molecule has 0 bridgehead atoms. The fourth-order valence-electron chi connectivity index (χ4n) is 2.89. The maximum absolute atomic E-state index is 12.9. The number of benzene rings is 2. The first kappa shape index (κ1) is 18.9. The van der Waals surface area contributed by atoms with Crippen LogP contribution in [0.4, 0.5) is 5.69 Å². The summed E-state index contributed by atoms with van der Waals surface area (Å²) in [5.41, 5.74) is 3.78. The van der Waals surface area contributed by atoms with Gasteiger partial charge >= 0.3 is 0 Å². The number of carbonyl (C=O) groups is 2. The standard InChI is InChI=1S/C21H20ClN3O2/c1-13-6-4-8-18(14(13)2)24-19(26)12-25(3)21(27)17-11-16(22)10-15-7-5-9-23-20(15)17/h4-11H,12H2,1-3H3,(H,24,26). The smallest absolute Gasteiger partial charge is 0.256 e. The largest absolute Gasteiger partial charge is 0.332 e. The Morgan fingerprint density at radius 1 is 1.15 bits per heavy atom. The molecule has 0 aliphatic carbocycles. The van der Waals surface area contributed by atoms with E-state index in [9.17, 15) is 9.59 Å². The number of hydrogen-bond acceptors (Lipinski definition) is 3. The third-order valence-electron chi connectivity index (χ3n) is 4.51. The molecule has 3 rings (SSSR count). The summed E-state index contributed by atoms with van der Waals surface area (Å²) in [5, 5.41) is 4.09. The van der Waals surface area contributed by atoms with Crippen molar-refractivity contribution in [1.29, 1.82) is 0 Å². The number of aryl methyl sites for hydroxylation is 1. The van der Waals surface area contributed by atoms with Gasteiger partial charge in [-0.3, -0.25) is 14.6 Å². The van der Waals surface area contributed by atoms with E-state index in [1.165, 1.54) is 4.90 Å². The fourth-order valence-corrected chi connectivity index (χ4v) is 3.11. The van der Waals surface area contributed by atoms with Crippen molar-refractivity contribution in [3.8, 4) is 0 Å². The number of fused-ring (bicyclic) bond motifs is 1. The lowest BCUT2D eigenvalue weighted by Gasteiger charge is -2.18. The van der Waals surface area contributed by atoms with Crippen molar-refractivity contribution < 1.29 is 9.59 Å².